The van der Waals surface area contributed by atoms with Gasteiger partial charge in [0.2, 0.25) is 5.91 Å². The van der Waals surface area contributed by atoms with Crippen molar-refractivity contribution in [3.05, 3.63) is 23.3 Å². The van der Waals surface area contributed by atoms with Crippen LogP contribution in [0.4, 0.5) is 5.13 Å². The fraction of sp³-hybridized carbons (Fsp3) is 0.438. The maximum atomic E-state index is 12.0. The molecule has 2 heterocycles. The van der Waals surface area contributed by atoms with Crippen molar-refractivity contribution in [1.29, 1.82) is 0 Å². The molecular formula is C16H20N4O2S. The molecule has 1 aliphatic carbocycles. The first-order chi connectivity index (χ1) is 11.1. The van der Waals surface area contributed by atoms with Crippen LogP contribution in [0, 0.1) is 5.92 Å². The molecule has 4 N–H and O–H groups in total. The molecule has 6 nitrogen and oxygen atoms in total. The maximum Gasteiger partial charge on any atom is 0.265 e. The van der Waals surface area contributed by atoms with E-state index in [-0.39, 0.29) is 5.91 Å². The summed E-state index contributed by atoms with van der Waals surface area (Å²) < 4.78 is 0. The molecule has 122 valence electrons. The number of carbonyl (C=O) groups is 2. The van der Waals surface area contributed by atoms with Crippen LogP contribution in [0.15, 0.2) is 17.6 Å². The minimum absolute atomic E-state index is 0.0182. The minimum Gasteiger partial charge on any atom is -0.364 e. The molecule has 2 aromatic rings. The number of hydrogen-bond acceptors (Lipinski definition) is 4. The first kappa shape index (κ1) is 15.7. The van der Waals surface area contributed by atoms with Gasteiger partial charge in [-0.1, -0.05) is 25.7 Å². The molecule has 0 aromatic carbocycles. The lowest BCUT2D eigenvalue weighted by Gasteiger charge is -2.07. The average molecular weight is 332 g/mol. The lowest BCUT2D eigenvalue weighted by Crippen LogP contribution is -2.12. The number of nitrogens with zero attached hydrogens (tertiary/aromatic N) is 1. The van der Waals surface area contributed by atoms with Crippen LogP contribution in [0.25, 0.3) is 11.3 Å². The minimum atomic E-state index is -0.507. The van der Waals surface area contributed by atoms with Gasteiger partial charge in [0.25, 0.3) is 5.91 Å². The maximum absolute atomic E-state index is 12.0. The number of aromatic amines is 1. The first-order valence-corrected chi connectivity index (χ1v) is 8.74. The number of thiazole rings is 1. The second kappa shape index (κ2) is 6.95. The van der Waals surface area contributed by atoms with Gasteiger partial charge in [-0.3, -0.25) is 9.59 Å². The van der Waals surface area contributed by atoms with Crippen LogP contribution >= 0.6 is 11.3 Å². The Labute approximate surface area is 138 Å². The number of aromatic nitrogens is 2. The molecule has 0 spiro atoms. The predicted octanol–water partition coefficient (Wildman–Crippen LogP) is 3.15. The van der Waals surface area contributed by atoms with E-state index in [1.54, 1.807) is 12.3 Å². The van der Waals surface area contributed by atoms with Crippen molar-refractivity contribution in [2.75, 3.05) is 5.32 Å². The highest BCUT2D eigenvalue weighted by atomic mass is 32.1. The van der Waals surface area contributed by atoms with E-state index in [1.807, 2.05) is 5.38 Å². The van der Waals surface area contributed by atoms with Crippen molar-refractivity contribution in [2.45, 2.75) is 38.5 Å². The lowest BCUT2D eigenvalue weighted by atomic mass is 10.0. The predicted molar refractivity (Wildman–Crippen MR) is 90.2 cm³/mol. The van der Waals surface area contributed by atoms with Crippen molar-refractivity contribution in [3.8, 4) is 11.3 Å². The first-order valence-electron chi connectivity index (χ1n) is 7.86. The molecule has 23 heavy (non-hydrogen) atoms. The van der Waals surface area contributed by atoms with Crippen molar-refractivity contribution >= 4 is 28.3 Å². The topological polar surface area (TPSA) is 101 Å². The third-order valence-corrected chi connectivity index (χ3v) is 5.01. The van der Waals surface area contributed by atoms with E-state index in [0.29, 0.717) is 28.9 Å². The Morgan fingerprint density at radius 3 is 2.87 bits per heavy atom. The Morgan fingerprint density at radius 1 is 1.39 bits per heavy atom. The lowest BCUT2D eigenvalue weighted by molar-refractivity contribution is -0.116. The summed E-state index contributed by atoms with van der Waals surface area (Å²) in [5, 5.41) is 5.28. The summed E-state index contributed by atoms with van der Waals surface area (Å²) in [6, 6.07) is 1.66. The smallest absolute Gasteiger partial charge is 0.265 e. The Hall–Kier alpha value is -2.15. The van der Waals surface area contributed by atoms with Gasteiger partial charge in [-0.2, -0.15) is 0 Å². The summed E-state index contributed by atoms with van der Waals surface area (Å²) in [5.41, 5.74) is 7.05. The Balaban J connectivity index is 1.55. The summed E-state index contributed by atoms with van der Waals surface area (Å²) >= 11 is 1.38. The SMILES string of the molecule is NC(=O)c1cc(-c2csc(NC(=O)CCC3CCCC3)n2)c[nH]1. The Bertz CT molecular complexity index is 701. The number of primary amides is 1. The number of nitrogens with one attached hydrogen (secondary N) is 2. The number of amides is 2. The highest BCUT2D eigenvalue weighted by Gasteiger charge is 2.17. The van der Waals surface area contributed by atoms with E-state index in [1.165, 1.54) is 37.0 Å². The molecule has 0 aliphatic heterocycles. The fourth-order valence-corrected chi connectivity index (χ4v) is 3.70. The molecule has 3 rings (SSSR count). The second-order valence-electron chi connectivity index (χ2n) is 5.94. The number of anilines is 1. The van der Waals surface area contributed by atoms with Crippen LogP contribution < -0.4 is 11.1 Å². The third kappa shape index (κ3) is 3.98. The number of H-pyrrole nitrogens is 1. The van der Waals surface area contributed by atoms with Crippen LogP contribution in [-0.2, 0) is 4.79 Å². The van der Waals surface area contributed by atoms with Gasteiger partial charge < -0.3 is 16.0 Å². The summed E-state index contributed by atoms with van der Waals surface area (Å²) in [6.45, 7) is 0. The monoisotopic (exact) mass is 332 g/mol. The quantitative estimate of drug-likeness (QED) is 0.757. The van der Waals surface area contributed by atoms with Gasteiger partial charge in [0, 0.05) is 23.6 Å². The van der Waals surface area contributed by atoms with E-state index in [2.05, 4.69) is 15.3 Å². The Morgan fingerprint density at radius 2 is 2.17 bits per heavy atom. The summed E-state index contributed by atoms with van der Waals surface area (Å²) in [4.78, 5) is 30.3. The van der Waals surface area contributed by atoms with Crippen LogP contribution in [0.1, 0.15) is 49.0 Å². The van der Waals surface area contributed by atoms with Crippen LogP contribution in [-0.4, -0.2) is 21.8 Å². The van der Waals surface area contributed by atoms with E-state index in [0.717, 1.165) is 12.0 Å². The number of rotatable bonds is 6. The molecule has 0 bridgehead atoms. The van der Waals surface area contributed by atoms with E-state index < -0.39 is 5.91 Å². The highest BCUT2D eigenvalue weighted by molar-refractivity contribution is 7.14. The largest absolute Gasteiger partial charge is 0.364 e. The summed E-state index contributed by atoms with van der Waals surface area (Å²) in [7, 11) is 0. The molecule has 0 atom stereocenters. The molecule has 7 heteroatoms. The third-order valence-electron chi connectivity index (χ3n) is 4.25. The van der Waals surface area contributed by atoms with Crippen molar-refractivity contribution < 1.29 is 9.59 Å². The molecule has 0 unspecified atom stereocenters. The summed E-state index contributed by atoms with van der Waals surface area (Å²) in [5.74, 6) is 0.219. The van der Waals surface area contributed by atoms with Gasteiger partial charge >= 0.3 is 0 Å². The second-order valence-corrected chi connectivity index (χ2v) is 6.80. The van der Waals surface area contributed by atoms with Crippen LogP contribution in [0.5, 0.6) is 0 Å². The molecule has 2 amide bonds. The molecule has 1 fully saturated rings. The van der Waals surface area contributed by atoms with Gasteiger partial charge in [-0.15, -0.1) is 11.3 Å². The average Bonchev–Trinajstić information content (AvgIpc) is 3.26. The fourth-order valence-electron chi connectivity index (χ4n) is 2.96. The zero-order valence-electron chi connectivity index (χ0n) is 12.8. The Kier molecular flexibility index (Phi) is 4.76. The molecule has 0 saturated heterocycles. The number of carbonyl (C=O) groups excluding carboxylic acids is 2. The van der Waals surface area contributed by atoms with Crippen molar-refractivity contribution in [3.63, 3.8) is 0 Å². The van der Waals surface area contributed by atoms with Gasteiger partial charge in [-0.05, 0) is 18.4 Å². The standard InChI is InChI=1S/C16H20N4O2S/c17-15(22)12-7-11(8-18-12)13-9-23-16(19-13)20-14(21)6-5-10-3-1-2-4-10/h7-10,18H,1-6H2,(H2,17,22)(H,19,20,21). The number of hydrogen-bond donors (Lipinski definition) is 3. The van der Waals surface area contributed by atoms with E-state index in [9.17, 15) is 9.59 Å². The molecule has 1 saturated carbocycles. The van der Waals surface area contributed by atoms with Crippen LogP contribution in [0.2, 0.25) is 0 Å². The van der Waals surface area contributed by atoms with Crippen molar-refractivity contribution in [1.82, 2.24) is 9.97 Å². The molecular weight excluding hydrogens is 312 g/mol. The van der Waals surface area contributed by atoms with Gasteiger partial charge in [0.1, 0.15) is 5.69 Å². The summed E-state index contributed by atoms with van der Waals surface area (Å²) in [6.07, 6.45) is 8.30. The number of nitrogens with two attached hydrogens (primary N) is 1. The molecule has 0 radical (unpaired) electrons. The van der Waals surface area contributed by atoms with Crippen molar-refractivity contribution in [2.24, 2.45) is 11.7 Å². The molecule has 1 aliphatic rings. The van der Waals surface area contributed by atoms with Gasteiger partial charge in [0.15, 0.2) is 5.13 Å². The van der Waals surface area contributed by atoms with E-state index in [4.69, 9.17) is 5.73 Å². The highest BCUT2D eigenvalue weighted by Crippen LogP contribution is 2.29. The van der Waals surface area contributed by atoms with E-state index >= 15 is 0 Å². The zero-order valence-corrected chi connectivity index (χ0v) is 13.6. The van der Waals surface area contributed by atoms with Crippen LogP contribution in [0.3, 0.4) is 0 Å². The van der Waals surface area contributed by atoms with Gasteiger partial charge in [-0.25, -0.2) is 4.98 Å². The normalized spacial score (nSPS) is 15.0. The zero-order chi connectivity index (χ0) is 16.2. The van der Waals surface area contributed by atoms with Gasteiger partial charge in [0.05, 0.1) is 5.69 Å². The molecule has 2 aromatic heterocycles.